The van der Waals surface area contributed by atoms with E-state index in [1.54, 1.807) is 0 Å². The predicted molar refractivity (Wildman–Crippen MR) is 82.6 cm³/mol. The Morgan fingerprint density at radius 2 is 2.30 bits per heavy atom. The zero-order valence-electron chi connectivity index (χ0n) is 12.3. The molecule has 0 spiro atoms. The lowest BCUT2D eigenvalue weighted by Crippen LogP contribution is -2.52. The third-order valence-corrected chi connectivity index (χ3v) is 4.58. The van der Waals surface area contributed by atoms with E-state index >= 15 is 0 Å². The molecule has 3 rings (SSSR count). The molecule has 0 aromatic heterocycles. The monoisotopic (exact) mass is 294 g/mol. The summed E-state index contributed by atoms with van der Waals surface area (Å²) >= 11 is 6.26. The molecule has 2 heterocycles. The molecule has 0 saturated carbocycles. The van der Waals surface area contributed by atoms with Gasteiger partial charge in [0.1, 0.15) is 5.75 Å². The van der Waals surface area contributed by atoms with Crippen LogP contribution < -0.4 is 10.1 Å². The number of ether oxygens (including phenoxy) is 1. The minimum absolute atomic E-state index is 0.583. The molecule has 20 heavy (non-hydrogen) atoms. The van der Waals surface area contributed by atoms with E-state index in [1.165, 1.54) is 11.1 Å². The minimum Gasteiger partial charge on any atom is -0.493 e. The molecule has 1 fully saturated rings. The fourth-order valence-corrected chi connectivity index (χ4v) is 3.57. The highest BCUT2D eigenvalue weighted by Gasteiger charge is 2.27. The maximum atomic E-state index is 6.26. The van der Waals surface area contributed by atoms with Crippen LogP contribution in [-0.2, 0) is 13.0 Å². The third kappa shape index (κ3) is 2.80. The molecule has 0 aliphatic carbocycles. The summed E-state index contributed by atoms with van der Waals surface area (Å²) in [5.41, 5.74) is 2.52. The van der Waals surface area contributed by atoms with Crippen molar-refractivity contribution in [1.82, 2.24) is 10.2 Å². The summed E-state index contributed by atoms with van der Waals surface area (Å²) < 4.78 is 5.82. The molecular weight excluding hydrogens is 272 g/mol. The first kappa shape index (κ1) is 14.2. The highest BCUT2D eigenvalue weighted by atomic mass is 35.5. The molecule has 1 N–H and O–H groups in total. The maximum absolute atomic E-state index is 6.26. The van der Waals surface area contributed by atoms with Crippen LogP contribution in [0, 0.1) is 5.92 Å². The molecule has 2 aliphatic heterocycles. The van der Waals surface area contributed by atoms with Crippen LogP contribution in [0.5, 0.6) is 5.75 Å². The molecule has 4 heteroatoms. The smallest absolute Gasteiger partial charge is 0.127 e. The Morgan fingerprint density at radius 3 is 3.10 bits per heavy atom. The Morgan fingerprint density at radius 1 is 1.45 bits per heavy atom. The summed E-state index contributed by atoms with van der Waals surface area (Å²) in [7, 11) is 0. The van der Waals surface area contributed by atoms with Crippen molar-refractivity contribution in [3.63, 3.8) is 0 Å². The van der Waals surface area contributed by atoms with E-state index in [0.717, 1.165) is 50.0 Å². The molecule has 1 unspecified atom stereocenters. The van der Waals surface area contributed by atoms with Gasteiger partial charge in [-0.25, -0.2) is 0 Å². The van der Waals surface area contributed by atoms with Crippen LogP contribution in [-0.4, -0.2) is 37.2 Å². The maximum Gasteiger partial charge on any atom is 0.127 e. The van der Waals surface area contributed by atoms with Gasteiger partial charge in [0.25, 0.3) is 0 Å². The Bertz CT molecular complexity index is 490. The first-order valence-electron chi connectivity index (χ1n) is 7.54. The van der Waals surface area contributed by atoms with Gasteiger partial charge in [-0.2, -0.15) is 0 Å². The number of rotatable bonds is 3. The van der Waals surface area contributed by atoms with E-state index < -0.39 is 0 Å². The van der Waals surface area contributed by atoms with Gasteiger partial charge < -0.3 is 10.1 Å². The second-order valence-corrected chi connectivity index (χ2v) is 6.57. The van der Waals surface area contributed by atoms with Gasteiger partial charge in [-0.05, 0) is 23.6 Å². The largest absolute Gasteiger partial charge is 0.493 e. The predicted octanol–water partition coefficient (Wildman–Crippen LogP) is 2.70. The number of piperazine rings is 1. The molecule has 1 saturated heterocycles. The summed E-state index contributed by atoms with van der Waals surface area (Å²) in [4.78, 5) is 2.56. The Labute approximate surface area is 126 Å². The van der Waals surface area contributed by atoms with Crippen LogP contribution in [0.3, 0.4) is 0 Å². The minimum atomic E-state index is 0.583. The SMILES string of the molecule is CC(C)C1CNCCN1Cc1cc(Cl)cc2c1OCC2. The number of halogens is 1. The van der Waals surface area contributed by atoms with Gasteiger partial charge in [0.15, 0.2) is 0 Å². The molecular formula is C16H23ClN2O. The lowest BCUT2D eigenvalue weighted by molar-refractivity contribution is 0.116. The van der Waals surface area contributed by atoms with Crippen LogP contribution in [0.15, 0.2) is 12.1 Å². The topological polar surface area (TPSA) is 24.5 Å². The fourth-order valence-electron chi connectivity index (χ4n) is 3.30. The first-order chi connectivity index (χ1) is 9.65. The molecule has 0 bridgehead atoms. The summed E-state index contributed by atoms with van der Waals surface area (Å²) in [6, 6.07) is 4.70. The fraction of sp³-hybridized carbons (Fsp3) is 0.625. The standard InChI is InChI=1S/C16H23ClN2O/c1-11(2)15-9-18-4-5-19(15)10-13-8-14(17)7-12-3-6-20-16(12)13/h7-8,11,15,18H,3-6,9-10H2,1-2H3. The Balaban J connectivity index is 1.83. The number of hydrogen-bond donors (Lipinski definition) is 1. The van der Waals surface area contributed by atoms with Crippen molar-refractivity contribution in [2.75, 3.05) is 26.2 Å². The van der Waals surface area contributed by atoms with E-state index in [-0.39, 0.29) is 0 Å². The number of hydrogen-bond acceptors (Lipinski definition) is 3. The van der Waals surface area contributed by atoms with Crippen LogP contribution in [0.1, 0.15) is 25.0 Å². The highest BCUT2D eigenvalue weighted by molar-refractivity contribution is 6.30. The van der Waals surface area contributed by atoms with Crippen LogP contribution in [0.2, 0.25) is 5.02 Å². The lowest BCUT2D eigenvalue weighted by atomic mass is 9.99. The van der Waals surface area contributed by atoms with E-state index in [0.29, 0.717) is 12.0 Å². The second-order valence-electron chi connectivity index (χ2n) is 6.14. The molecule has 2 aliphatic rings. The van der Waals surface area contributed by atoms with Crippen molar-refractivity contribution in [3.05, 3.63) is 28.3 Å². The molecule has 1 aromatic carbocycles. The molecule has 110 valence electrons. The van der Waals surface area contributed by atoms with Crippen LogP contribution >= 0.6 is 11.6 Å². The Kier molecular flexibility index (Phi) is 4.20. The van der Waals surface area contributed by atoms with Gasteiger partial charge in [0, 0.05) is 49.2 Å². The van der Waals surface area contributed by atoms with Gasteiger partial charge in [-0.1, -0.05) is 25.4 Å². The summed E-state index contributed by atoms with van der Waals surface area (Å²) in [5, 5.41) is 4.33. The van der Waals surface area contributed by atoms with E-state index in [2.05, 4.69) is 30.1 Å². The van der Waals surface area contributed by atoms with Crippen molar-refractivity contribution in [3.8, 4) is 5.75 Å². The third-order valence-electron chi connectivity index (χ3n) is 4.37. The van der Waals surface area contributed by atoms with Gasteiger partial charge in [0.05, 0.1) is 6.61 Å². The zero-order valence-corrected chi connectivity index (χ0v) is 13.0. The molecule has 3 nitrogen and oxygen atoms in total. The lowest BCUT2D eigenvalue weighted by Gasteiger charge is -2.38. The van der Waals surface area contributed by atoms with Crippen molar-refractivity contribution < 1.29 is 4.74 Å². The number of nitrogens with one attached hydrogen (secondary N) is 1. The van der Waals surface area contributed by atoms with E-state index in [4.69, 9.17) is 16.3 Å². The molecule has 0 amide bonds. The molecule has 1 aromatic rings. The molecule has 1 atom stereocenters. The Hall–Kier alpha value is -0.770. The number of benzene rings is 1. The van der Waals surface area contributed by atoms with Gasteiger partial charge in [-0.3, -0.25) is 4.90 Å². The highest BCUT2D eigenvalue weighted by Crippen LogP contribution is 2.34. The van der Waals surface area contributed by atoms with Crippen LogP contribution in [0.25, 0.3) is 0 Å². The van der Waals surface area contributed by atoms with Crippen molar-refractivity contribution in [1.29, 1.82) is 0 Å². The van der Waals surface area contributed by atoms with Crippen molar-refractivity contribution in [2.45, 2.75) is 32.9 Å². The quantitative estimate of drug-likeness (QED) is 0.928. The zero-order chi connectivity index (χ0) is 14.1. The van der Waals surface area contributed by atoms with Crippen LogP contribution in [0.4, 0.5) is 0 Å². The number of fused-ring (bicyclic) bond motifs is 1. The molecule has 0 radical (unpaired) electrons. The average Bonchev–Trinajstić information content (AvgIpc) is 2.87. The average molecular weight is 295 g/mol. The van der Waals surface area contributed by atoms with Gasteiger partial charge >= 0.3 is 0 Å². The normalized spacial score (nSPS) is 22.9. The van der Waals surface area contributed by atoms with Crippen molar-refractivity contribution in [2.24, 2.45) is 5.92 Å². The second kappa shape index (κ2) is 5.92. The first-order valence-corrected chi connectivity index (χ1v) is 7.92. The summed E-state index contributed by atoms with van der Waals surface area (Å²) in [5.74, 6) is 1.73. The number of nitrogens with zero attached hydrogens (tertiary/aromatic N) is 1. The van der Waals surface area contributed by atoms with Gasteiger partial charge in [0.2, 0.25) is 0 Å². The van der Waals surface area contributed by atoms with E-state index in [1.807, 2.05) is 6.07 Å². The van der Waals surface area contributed by atoms with Crippen molar-refractivity contribution >= 4 is 11.6 Å². The van der Waals surface area contributed by atoms with Gasteiger partial charge in [-0.15, -0.1) is 0 Å². The van der Waals surface area contributed by atoms with E-state index in [9.17, 15) is 0 Å². The summed E-state index contributed by atoms with van der Waals surface area (Å²) in [6.07, 6.45) is 0.984. The summed E-state index contributed by atoms with van der Waals surface area (Å²) in [6.45, 7) is 9.54.